The lowest BCUT2D eigenvalue weighted by atomic mass is 9.79. The molecular formula is C21H33BN2O5. The largest absolute Gasteiger partial charge is 0.494 e. The standard InChI is InChI=1S/C21H33BN2O5/c1-19(2,3)27-18(26)24-14-8-13-23-17(25)15-9-11-16(12-10-15)22-28-20(4,5)21(6,7)29-22/h9-12H,8,13-14H2,1-7H3,(H,23,25)(H,24,26). The number of rotatable bonds is 6. The van der Waals surface area contributed by atoms with Gasteiger partial charge in [-0.3, -0.25) is 4.79 Å². The first-order valence-electron chi connectivity index (χ1n) is 10.0. The van der Waals surface area contributed by atoms with Crippen molar-refractivity contribution in [2.75, 3.05) is 13.1 Å². The zero-order valence-corrected chi connectivity index (χ0v) is 18.5. The Hall–Kier alpha value is -2.06. The van der Waals surface area contributed by atoms with Gasteiger partial charge in [0, 0.05) is 18.7 Å². The van der Waals surface area contributed by atoms with Crippen LogP contribution in [0.2, 0.25) is 0 Å². The highest BCUT2D eigenvalue weighted by Gasteiger charge is 2.51. The van der Waals surface area contributed by atoms with Gasteiger partial charge < -0.3 is 24.7 Å². The van der Waals surface area contributed by atoms with Crippen LogP contribution in [0.5, 0.6) is 0 Å². The van der Waals surface area contributed by atoms with Crippen LogP contribution in [0.1, 0.15) is 65.2 Å². The van der Waals surface area contributed by atoms with Crippen molar-refractivity contribution in [1.82, 2.24) is 10.6 Å². The lowest BCUT2D eigenvalue weighted by Crippen LogP contribution is -2.41. The molecule has 2 rings (SSSR count). The van der Waals surface area contributed by atoms with Gasteiger partial charge in [-0.2, -0.15) is 0 Å². The average molecular weight is 404 g/mol. The monoisotopic (exact) mass is 404 g/mol. The molecule has 2 N–H and O–H groups in total. The Balaban J connectivity index is 1.76. The normalized spacial score (nSPS) is 17.7. The Morgan fingerprint density at radius 3 is 2.00 bits per heavy atom. The fourth-order valence-corrected chi connectivity index (χ4v) is 2.67. The molecule has 1 aliphatic heterocycles. The Bertz CT molecular complexity index is 710. The fourth-order valence-electron chi connectivity index (χ4n) is 2.67. The van der Waals surface area contributed by atoms with Crippen molar-refractivity contribution in [3.8, 4) is 0 Å². The van der Waals surface area contributed by atoms with Crippen molar-refractivity contribution in [2.45, 2.75) is 71.7 Å². The molecule has 1 saturated heterocycles. The van der Waals surface area contributed by atoms with Gasteiger partial charge in [0.1, 0.15) is 5.60 Å². The summed E-state index contributed by atoms with van der Waals surface area (Å²) in [5.74, 6) is -0.164. The Kier molecular flexibility index (Phi) is 7.01. The lowest BCUT2D eigenvalue weighted by molar-refractivity contribution is 0.00578. The molecule has 0 aromatic heterocycles. The lowest BCUT2D eigenvalue weighted by Gasteiger charge is -2.32. The van der Waals surface area contributed by atoms with E-state index in [1.807, 2.05) is 60.6 Å². The van der Waals surface area contributed by atoms with Gasteiger partial charge >= 0.3 is 13.2 Å². The summed E-state index contributed by atoms with van der Waals surface area (Å²) in [7, 11) is -0.448. The number of carbonyl (C=O) groups is 2. The Morgan fingerprint density at radius 1 is 0.966 bits per heavy atom. The number of alkyl carbamates (subject to hydrolysis) is 1. The van der Waals surface area contributed by atoms with E-state index in [1.54, 1.807) is 12.1 Å². The summed E-state index contributed by atoms with van der Waals surface area (Å²) in [5, 5.41) is 5.51. The van der Waals surface area contributed by atoms with Crippen LogP contribution in [0, 0.1) is 0 Å². The number of ether oxygens (including phenoxy) is 1. The predicted octanol–water partition coefficient (Wildman–Crippen LogP) is 2.63. The highest BCUT2D eigenvalue weighted by Crippen LogP contribution is 2.36. The Labute approximate surface area is 174 Å². The molecule has 0 bridgehead atoms. The summed E-state index contributed by atoms with van der Waals surface area (Å²) in [6, 6.07) is 7.21. The molecule has 1 heterocycles. The van der Waals surface area contributed by atoms with Crippen molar-refractivity contribution in [2.24, 2.45) is 0 Å². The molecule has 8 heteroatoms. The topological polar surface area (TPSA) is 85.9 Å². The van der Waals surface area contributed by atoms with Crippen LogP contribution in [0.25, 0.3) is 0 Å². The van der Waals surface area contributed by atoms with Gasteiger partial charge in [0.15, 0.2) is 0 Å². The van der Waals surface area contributed by atoms with E-state index in [1.165, 1.54) is 0 Å². The molecule has 1 aliphatic rings. The highest BCUT2D eigenvalue weighted by molar-refractivity contribution is 6.62. The zero-order valence-electron chi connectivity index (χ0n) is 18.5. The number of hydrogen-bond donors (Lipinski definition) is 2. The summed E-state index contributed by atoms with van der Waals surface area (Å²) in [6.45, 7) is 14.3. The number of nitrogens with one attached hydrogen (secondary N) is 2. The van der Waals surface area contributed by atoms with E-state index < -0.39 is 30.0 Å². The average Bonchev–Trinajstić information content (AvgIpc) is 2.80. The van der Waals surface area contributed by atoms with Crippen LogP contribution in [-0.4, -0.2) is 49.0 Å². The number of benzene rings is 1. The molecule has 0 radical (unpaired) electrons. The molecule has 0 aliphatic carbocycles. The summed E-state index contributed by atoms with van der Waals surface area (Å²) in [6.07, 6.45) is 0.152. The molecule has 1 fully saturated rings. The minimum absolute atomic E-state index is 0.164. The minimum atomic E-state index is -0.523. The molecule has 160 valence electrons. The first-order chi connectivity index (χ1) is 13.3. The summed E-state index contributed by atoms with van der Waals surface area (Å²) in [5.41, 5.74) is 0.110. The van der Waals surface area contributed by atoms with Gasteiger partial charge in [-0.15, -0.1) is 0 Å². The smallest absolute Gasteiger partial charge is 0.444 e. The van der Waals surface area contributed by atoms with Crippen molar-refractivity contribution in [1.29, 1.82) is 0 Å². The Morgan fingerprint density at radius 2 is 1.48 bits per heavy atom. The van der Waals surface area contributed by atoms with E-state index in [2.05, 4.69) is 10.6 Å². The van der Waals surface area contributed by atoms with Crippen molar-refractivity contribution in [3.05, 3.63) is 29.8 Å². The number of hydrogen-bond acceptors (Lipinski definition) is 5. The molecule has 0 saturated carbocycles. The second kappa shape index (κ2) is 8.75. The van der Waals surface area contributed by atoms with E-state index in [0.717, 1.165) is 5.46 Å². The zero-order chi connectivity index (χ0) is 21.9. The first-order valence-corrected chi connectivity index (χ1v) is 10.0. The van der Waals surface area contributed by atoms with E-state index in [0.29, 0.717) is 25.1 Å². The second-order valence-corrected chi connectivity index (χ2v) is 9.25. The third-order valence-electron chi connectivity index (χ3n) is 5.01. The van der Waals surface area contributed by atoms with Crippen molar-refractivity contribution < 1.29 is 23.6 Å². The maximum absolute atomic E-state index is 12.3. The maximum Gasteiger partial charge on any atom is 0.494 e. The van der Waals surface area contributed by atoms with Crippen molar-refractivity contribution in [3.63, 3.8) is 0 Å². The number of carbonyl (C=O) groups excluding carboxylic acids is 2. The van der Waals surface area contributed by atoms with E-state index in [4.69, 9.17) is 14.0 Å². The third-order valence-corrected chi connectivity index (χ3v) is 5.01. The molecule has 7 nitrogen and oxygen atoms in total. The van der Waals surface area contributed by atoms with E-state index in [9.17, 15) is 9.59 Å². The minimum Gasteiger partial charge on any atom is -0.444 e. The van der Waals surface area contributed by atoms with Gasteiger partial charge in [-0.25, -0.2) is 4.79 Å². The van der Waals surface area contributed by atoms with Gasteiger partial charge in [0.05, 0.1) is 11.2 Å². The molecular weight excluding hydrogens is 371 g/mol. The van der Waals surface area contributed by atoms with Crippen LogP contribution in [0.3, 0.4) is 0 Å². The summed E-state index contributed by atoms with van der Waals surface area (Å²) >= 11 is 0. The molecule has 0 spiro atoms. The first kappa shape index (κ1) is 23.2. The van der Waals surface area contributed by atoms with E-state index in [-0.39, 0.29) is 5.91 Å². The SMILES string of the molecule is CC(C)(C)OC(=O)NCCCNC(=O)c1ccc(B2OC(C)(C)C(C)(C)O2)cc1. The van der Waals surface area contributed by atoms with Gasteiger partial charge in [0.2, 0.25) is 0 Å². The molecule has 29 heavy (non-hydrogen) atoms. The third kappa shape index (κ3) is 6.47. The number of amides is 2. The fraction of sp³-hybridized carbons (Fsp3) is 0.619. The quantitative estimate of drug-likeness (QED) is 0.563. The predicted molar refractivity (Wildman–Crippen MR) is 113 cm³/mol. The van der Waals surface area contributed by atoms with Crippen LogP contribution in [0.4, 0.5) is 4.79 Å². The van der Waals surface area contributed by atoms with Crippen LogP contribution >= 0.6 is 0 Å². The maximum atomic E-state index is 12.3. The second-order valence-electron chi connectivity index (χ2n) is 9.25. The van der Waals surface area contributed by atoms with Gasteiger partial charge in [0.25, 0.3) is 5.91 Å². The van der Waals surface area contributed by atoms with E-state index >= 15 is 0 Å². The van der Waals surface area contributed by atoms with Gasteiger partial charge in [-0.1, -0.05) is 12.1 Å². The molecule has 1 aromatic carbocycles. The summed E-state index contributed by atoms with van der Waals surface area (Å²) < 4.78 is 17.2. The highest BCUT2D eigenvalue weighted by atomic mass is 16.7. The van der Waals surface area contributed by atoms with Crippen LogP contribution in [-0.2, 0) is 14.0 Å². The van der Waals surface area contributed by atoms with Gasteiger partial charge in [-0.05, 0) is 72.5 Å². The summed E-state index contributed by atoms with van der Waals surface area (Å²) in [4.78, 5) is 23.8. The molecule has 0 atom stereocenters. The van der Waals surface area contributed by atoms with Crippen molar-refractivity contribution >= 4 is 24.6 Å². The van der Waals surface area contributed by atoms with Crippen LogP contribution in [0.15, 0.2) is 24.3 Å². The molecule has 1 aromatic rings. The molecule has 2 amide bonds. The van der Waals surface area contributed by atoms with Crippen LogP contribution < -0.4 is 16.1 Å². The molecule has 0 unspecified atom stereocenters.